The minimum atomic E-state index is -0.642. The number of aliphatic imine (C=N–C) groups is 1. The normalized spacial score (nSPS) is 17.5. The van der Waals surface area contributed by atoms with E-state index < -0.39 is 17.9 Å². The average molecular weight is 330 g/mol. The third kappa shape index (κ3) is 3.65. The number of hydrogen-bond acceptors (Lipinski definition) is 4. The Morgan fingerprint density at radius 3 is 2.62 bits per heavy atom. The Labute approximate surface area is 138 Å². The van der Waals surface area contributed by atoms with Gasteiger partial charge in [-0.05, 0) is 25.5 Å². The smallest absolute Gasteiger partial charge is 0.349 e. The molecule has 1 aliphatic heterocycles. The number of nitrogens with one attached hydrogen (secondary N) is 1. The standard InChI is InChI=1S/C16H18N4O4/c1-9-10(15(23)20(2)16(24)18-9)7-8-13(21)19-12-6-4-3-5-11(12)14(17)22/h3-6,10H,7-8H2,1-2H3,(H2,17,22)(H,19,21). The van der Waals surface area contributed by atoms with Crippen LogP contribution in [0.2, 0.25) is 0 Å². The van der Waals surface area contributed by atoms with Gasteiger partial charge in [-0.1, -0.05) is 12.1 Å². The van der Waals surface area contributed by atoms with E-state index in [-0.39, 0.29) is 30.2 Å². The van der Waals surface area contributed by atoms with E-state index in [1.54, 1.807) is 25.1 Å². The molecule has 1 unspecified atom stereocenters. The quantitative estimate of drug-likeness (QED) is 0.841. The molecule has 1 heterocycles. The Bertz CT molecular complexity index is 741. The number of benzene rings is 1. The van der Waals surface area contributed by atoms with Crippen molar-refractivity contribution in [2.75, 3.05) is 12.4 Å². The number of primary amides is 1. The van der Waals surface area contributed by atoms with Gasteiger partial charge in [0, 0.05) is 19.2 Å². The summed E-state index contributed by atoms with van der Waals surface area (Å²) in [4.78, 5) is 51.7. The van der Waals surface area contributed by atoms with Crippen LogP contribution in [0, 0.1) is 5.92 Å². The molecule has 1 aromatic carbocycles. The minimum absolute atomic E-state index is 0.0401. The van der Waals surface area contributed by atoms with Crippen LogP contribution in [-0.4, -0.2) is 41.4 Å². The van der Waals surface area contributed by atoms with Gasteiger partial charge in [-0.15, -0.1) is 0 Å². The van der Waals surface area contributed by atoms with Crippen LogP contribution in [0.25, 0.3) is 0 Å². The highest BCUT2D eigenvalue weighted by Gasteiger charge is 2.33. The molecule has 0 bridgehead atoms. The van der Waals surface area contributed by atoms with Gasteiger partial charge < -0.3 is 11.1 Å². The third-order valence-electron chi connectivity index (χ3n) is 3.82. The van der Waals surface area contributed by atoms with E-state index in [9.17, 15) is 19.2 Å². The van der Waals surface area contributed by atoms with Crippen LogP contribution in [0.5, 0.6) is 0 Å². The number of nitrogens with two attached hydrogens (primary N) is 1. The van der Waals surface area contributed by atoms with Crippen LogP contribution in [0.15, 0.2) is 29.3 Å². The zero-order valence-corrected chi connectivity index (χ0v) is 13.4. The van der Waals surface area contributed by atoms with Crippen molar-refractivity contribution in [2.24, 2.45) is 16.6 Å². The topological polar surface area (TPSA) is 122 Å². The van der Waals surface area contributed by atoms with Crippen LogP contribution >= 0.6 is 0 Å². The lowest BCUT2D eigenvalue weighted by molar-refractivity contribution is -0.129. The minimum Gasteiger partial charge on any atom is -0.366 e. The van der Waals surface area contributed by atoms with Gasteiger partial charge in [0.2, 0.25) is 11.8 Å². The Morgan fingerprint density at radius 1 is 1.29 bits per heavy atom. The first-order valence-electron chi connectivity index (χ1n) is 7.36. The molecule has 0 saturated carbocycles. The number of urea groups is 1. The highest BCUT2D eigenvalue weighted by molar-refractivity contribution is 6.15. The van der Waals surface area contributed by atoms with Crippen molar-refractivity contribution < 1.29 is 19.2 Å². The van der Waals surface area contributed by atoms with Gasteiger partial charge in [0.1, 0.15) is 0 Å². The van der Waals surface area contributed by atoms with Gasteiger partial charge in [-0.2, -0.15) is 0 Å². The summed E-state index contributed by atoms with van der Waals surface area (Å²) in [5, 5.41) is 2.61. The fourth-order valence-corrected chi connectivity index (χ4v) is 2.44. The predicted molar refractivity (Wildman–Crippen MR) is 87.6 cm³/mol. The van der Waals surface area contributed by atoms with Crippen molar-refractivity contribution in [3.8, 4) is 0 Å². The van der Waals surface area contributed by atoms with E-state index >= 15 is 0 Å². The average Bonchev–Trinajstić information content (AvgIpc) is 2.53. The van der Waals surface area contributed by atoms with Crippen LogP contribution in [0.3, 0.4) is 0 Å². The van der Waals surface area contributed by atoms with Gasteiger partial charge in [0.05, 0.1) is 17.2 Å². The maximum atomic E-state index is 12.1. The summed E-state index contributed by atoms with van der Waals surface area (Å²) in [7, 11) is 1.36. The lowest BCUT2D eigenvalue weighted by Gasteiger charge is -2.25. The molecule has 126 valence electrons. The summed E-state index contributed by atoms with van der Waals surface area (Å²) in [6, 6.07) is 5.80. The monoisotopic (exact) mass is 330 g/mol. The molecule has 5 amide bonds. The third-order valence-corrected chi connectivity index (χ3v) is 3.82. The molecule has 1 atom stereocenters. The Balaban J connectivity index is 2.02. The molecule has 8 heteroatoms. The summed E-state index contributed by atoms with van der Waals surface area (Å²) in [5.41, 5.74) is 6.19. The van der Waals surface area contributed by atoms with Crippen molar-refractivity contribution in [1.82, 2.24) is 4.90 Å². The molecule has 0 radical (unpaired) electrons. The number of rotatable bonds is 5. The number of imide groups is 1. The molecule has 0 saturated heterocycles. The van der Waals surface area contributed by atoms with Crippen molar-refractivity contribution in [2.45, 2.75) is 19.8 Å². The van der Waals surface area contributed by atoms with E-state index in [1.807, 2.05) is 0 Å². The van der Waals surface area contributed by atoms with Crippen molar-refractivity contribution in [3.63, 3.8) is 0 Å². The Morgan fingerprint density at radius 2 is 1.96 bits per heavy atom. The highest BCUT2D eigenvalue weighted by atomic mass is 16.2. The maximum absolute atomic E-state index is 12.1. The van der Waals surface area contributed by atoms with E-state index in [0.717, 1.165) is 4.90 Å². The molecule has 1 aliphatic rings. The molecule has 0 fully saturated rings. The predicted octanol–water partition coefficient (Wildman–Crippen LogP) is 1.17. The summed E-state index contributed by atoms with van der Waals surface area (Å²) in [6.45, 7) is 1.59. The lowest BCUT2D eigenvalue weighted by Crippen LogP contribution is -2.43. The molecule has 0 spiro atoms. The summed E-state index contributed by atoms with van der Waals surface area (Å²) in [6.07, 6.45) is 0.259. The van der Waals surface area contributed by atoms with Gasteiger partial charge in [0.25, 0.3) is 5.91 Å². The number of hydrogen-bond donors (Lipinski definition) is 2. The second kappa shape index (κ2) is 7.03. The van der Waals surface area contributed by atoms with E-state index in [1.165, 1.54) is 13.1 Å². The van der Waals surface area contributed by atoms with Gasteiger partial charge >= 0.3 is 6.03 Å². The first-order valence-corrected chi connectivity index (χ1v) is 7.36. The van der Waals surface area contributed by atoms with Crippen LogP contribution in [0.4, 0.5) is 10.5 Å². The summed E-state index contributed by atoms with van der Waals surface area (Å²) < 4.78 is 0. The number of nitrogens with zero attached hydrogens (tertiary/aromatic N) is 2. The fourth-order valence-electron chi connectivity index (χ4n) is 2.44. The molecular formula is C16H18N4O4. The number of carbonyl (C=O) groups excluding carboxylic acids is 4. The molecule has 0 aromatic heterocycles. The molecular weight excluding hydrogens is 312 g/mol. The fraction of sp³-hybridized carbons (Fsp3) is 0.312. The van der Waals surface area contributed by atoms with Crippen LogP contribution in [-0.2, 0) is 9.59 Å². The van der Waals surface area contributed by atoms with Crippen molar-refractivity contribution in [1.29, 1.82) is 0 Å². The second-order valence-electron chi connectivity index (χ2n) is 5.48. The van der Waals surface area contributed by atoms with E-state index in [2.05, 4.69) is 10.3 Å². The first kappa shape index (κ1) is 17.3. The zero-order valence-electron chi connectivity index (χ0n) is 13.4. The molecule has 8 nitrogen and oxygen atoms in total. The van der Waals surface area contributed by atoms with Crippen LogP contribution in [0.1, 0.15) is 30.1 Å². The number of para-hydroxylation sites is 1. The van der Waals surface area contributed by atoms with Gasteiger partial charge in [0.15, 0.2) is 0 Å². The molecule has 3 N–H and O–H groups in total. The number of anilines is 1. The second-order valence-corrected chi connectivity index (χ2v) is 5.48. The number of amides is 5. The van der Waals surface area contributed by atoms with Crippen LogP contribution < -0.4 is 11.1 Å². The van der Waals surface area contributed by atoms with Gasteiger partial charge in [-0.25, -0.2) is 9.79 Å². The zero-order chi connectivity index (χ0) is 17.9. The Hall–Kier alpha value is -3.03. The molecule has 24 heavy (non-hydrogen) atoms. The van der Waals surface area contributed by atoms with Crippen molar-refractivity contribution >= 4 is 35.2 Å². The summed E-state index contributed by atoms with van der Waals surface area (Å²) in [5.74, 6) is -1.98. The molecule has 0 aliphatic carbocycles. The largest absolute Gasteiger partial charge is 0.366 e. The molecule has 1 aromatic rings. The lowest BCUT2D eigenvalue weighted by atomic mass is 9.95. The SMILES string of the molecule is CC1=NC(=O)N(C)C(=O)C1CCC(=O)Nc1ccccc1C(N)=O. The summed E-state index contributed by atoms with van der Waals surface area (Å²) >= 11 is 0. The number of carbonyl (C=O) groups is 4. The Kier molecular flexibility index (Phi) is 5.08. The maximum Gasteiger partial charge on any atom is 0.349 e. The van der Waals surface area contributed by atoms with Crippen molar-refractivity contribution in [3.05, 3.63) is 29.8 Å². The first-order chi connectivity index (χ1) is 11.3. The van der Waals surface area contributed by atoms with E-state index in [0.29, 0.717) is 11.4 Å². The molecule has 2 rings (SSSR count). The van der Waals surface area contributed by atoms with Gasteiger partial charge in [-0.3, -0.25) is 19.3 Å². The van der Waals surface area contributed by atoms with E-state index in [4.69, 9.17) is 5.73 Å². The highest BCUT2D eigenvalue weighted by Crippen LogP contribution is 2.19.